The monoisotopic (exact) mass is 277 g/mol. The molecule has 0 unspecified atom stereocenters. The number of nitrogens with two attached hydrogens (primary N) is 1. The minimum Gasteiger partial charge on any atom is -0.486 e. The Kier molecular flexibility index (Phi) is 3.54. The smallest absolute Gasteiger partial charge is 0.314 e. The van der Waals surface area contributed by atoms with E-state index in [9.17, 15) is 4.79 Å². The van der Waals surface area contributed by atoms with Gasteiger partial charge < -0.3 is 25.4 Å². The molecule has 108 valence electrons. The maximum Gasteiger partial charge on any atom is 0.314 e. The summed E-state index contributed by atoms with van der Waals surface area (Å²) in [5, 5.41) is 3.48. The van der Waals surface area contributed by atoms with Gasteiger partial charge in [0, 0.05) is 30.9 Å². The van der Waals surface area contributed by atoms with E-state index in [0.29, 0.717) is 32.3 Å². The molecule has 0 atom stereocenters. The minimum atomic E-state index is -0.331. The third-order valence-electron chi connectivity index (χ3n) is 3.72. The Balaban J connectivity index is 1.60. The number of hydrogen-bond donors (Lipinski definition) is 2. The van der Waals surface area contributed by atoms with Crippen molar-refractivity contribution >= 4 is 11.7 Å². The van der Waals surface area contributed by atoms with Crippen molar-refractivity contribution < 1.29 is 14.3 Å². The number of carbonyl (C=O) groups is 1. The molecule has 2 aliphatic heterocycles. The van der Waals surface area contributed by atoms with Crippen LogP contribution in [0.15, 0.2) is 18.2 Å². The predicted molar refractivity (Wildman–Crippen MR) is 75.2 cm³/mol. The summed E-state index contributed by atoms with van der Waals surface area (Å²) in [5.41, 5.74) is 6.30. The fourth-order valence-electron chi connectivity index (χ4n) is 2.61. The van der Waals surface area contributed by atoms with E-state index < -0.39 is 0 Å². The first-order valence-corrected chi connectivity index (χ1v) is 6.93. The number of anilines is 1. The summed E-state index contributed by atoms with van der Waals surface area (Å²) in [7, 11) is 0. The number of likely N-dealkylation sites (tertiary alicyclic amines) is 1. The summed E-state index contributed by atoms with van der Waals surface area (Å²) in [5.74, 6) is 1.58. The van der Waals surface area contributed by atoms with Crippen molar-refractivity contribution in [1.82, 2.24) is 4.90 Å². The molecule has 6 nitrogen and oxygen atoms in total. The molecule has 0 saturated carbocycles. The second-order valence-electron chi connectivity index (χ2n) is 5.10. The van der Waals surface area contributed by atoms with E-state index in [1.807, 2.05) is 18.2 Å². The minimum absolute atomic E-state index is 0.331. The zero-order chi connectivity index (χ0) is 13.9. The first-order valence-electron chi connectivity index (χ1n) is 6.93. The molecule has 2 heterocycles. The molecule has 1 saturated heterocycles. The molecule has 1 aromatic rings. The van der Waals surface area contributed by atoms with Gasteiger partial charge in [0.15, 0.2) is 11.5 Å². The van der Waals surface area contributed by atoms with E-state index in [4.69, 9.17) is 15.2 Å². The number of rotatable bonds is 2. The van der Waals surface area contributed by atoms with Crippen LogP contribution in [0.2, 0.25) is 0 Å². The van der Waals surface area contributed by atoms with Crippen LogP contribution in [-0.2, 0) is 0 Å². The summed E-state index contributed by atoms with van der Waals surface area (Å²) < 4.78 is 11.1. The molecule has 0 aromatic heterocycles. The number of fused-ring (bicyclic) bond motifs is 1. The van der Waals surface area contributed by atoms with Crippen molar-refractivity contribution in [3.63, 3.8) is 0 Å². The second kappa shape index (κ2) is 5.48. The summed E-state index contributed by atoms with van der Waals surface area (Å²) in [4.78, 5) is 12.8. The van der Waals surface area contributed by atoms with Crippen molar-refractivity contribution in [1.29, 1.82) is 0 Å². The van der Waals surface area contributed by atoms with Gasteiger partial charge in [-0.2, -0.15) is 0 Å². The van der Waals surface area contributed by atoms with E-state index in [1.165, 1.54) is 0 Å². The first-order chi connectivity index (χ1) is 9.72. The van der Waals surface area contributed by atoms with Gasteiger partial charge in [-0.05, 0) is 25.0 Å². The Hall–Kier alpha value is -2.11. The number of benzene rings is 1. The van der Waals surface area contributed by atoms with Crippen LogP contribution in [0.3, 0.4) is 0 Å². The molecule has 3 rings (SSSR count). The van der Waals surface area contributed by atoms with Crippen LogP contribution in [0.4, 0.5) is 10.5 Å². The van der Waals surface area contributed by atoms with Crippen LogP contribution in [0, 0.1) is 0 Å². The van der Waals surface area contributed by atoms with Gasteiger partial charge in [-0.1, -0.05) is 0 Å². The van der Waals surface area contributed by atoms with Crippen LogP contribution in [-0.4, -0.2) is 43.3 Å². The molecule has 0 spiro atoms. The zero-order valence-corrected chi connectivity index (χ0v) is 11.3. The van der Waals surface area contributed by atoms with Gasteiger partial charge in [-0.15, -0.1) is 0 Å². The van der Waals surface area contributed by atoms with Gasteiger partial charge in [0.1, 0.15) is 13.2 Å². The van der Waals surface area contributed by atoms with Crippen molar-refractivity contribution in [3.05, 3.63) is 18.2 Å². The third-order valence-corrected chi connectivity index (χ3v) is 3.72. The normalized spacial score (nSPS) is 18.7. The van der Waals surface area contributed by atoms with Gasteiger partial charge in [0.25, 0.3) is 0 Å². The molecule has 2 amide bonds. The fraction of sp³-hybridized carbons (Fsp3) is 0.500. The standard InChI is InChI=1S/C14H19N3O3/c15-14(18)17-5-3-10(4-6-17)16-11-1-2-12-13(9-11)20-8-7-19-12/h1-2,9-10,16H,3-8H2,(H2,15,18). The summed E-state index contributed by atoms with van der Waals surface area (Å²) >= 11 is 0. The number of amides is 2. The molecule has 1 aromatic carbocycles. The maximum absolute atomic E-state index is 11.1. The lowest BCUT2D eigenvalue weighted by molar-refractivity contribution is 0.171. The van der Waals surface area contributed by atoms with E-state index in [2.05, 4.69) is 5.32 Å². The van der Waals surface area contributed by atoms with Crippen molar-refractivity contribution in [2.24, 2.45) is 5.73 Å². The molecular weight excluding hydrogens is 258 g/mol. The number of primary amides is 1. The molecular formula is C14H19N3O3. The number of piperidine rings is 1. The molecule has 1 fully saturated rings. The van der Waals surface area contributed by atoms with Crippen LogP contribution in [0.5, 0.6) is 11.5 Å². The SMILES string of the molecule is NC(=O)N1CCC(Nc2ccc3c(c2)OCCO3)CC1. The highest BCUT2D eigenvalue weighted by atomic mass is 16.6. The molecule has 6 heteroatoms. The van der Waals surface area contributed by atoms with E-state index in [0.717, 1.165) is 30.0 Å². The van der Waals surface area contributed by atoms with Crippen LogP contribution in [0.25, 0.3) is 0 Å². The Morgan fingerprint density at radius 2 is 1.90 bits per heavy atom. The third kappa shape index (κ3) is 2.74. The summed E-state index contributed by atoms with van der Waals surface area (Å²) in [6.45, 7) is 2.61. The van der Waals surface area contributed by atoms with Crippen LogP contribution >= 0.6 is 0 Å². The highest BCUT2D eigenvalue weighted by Gasteiger charge is 2.21. The van der Waals surface area contributed by atoms with Crippen molar-refractivity contribution in [2.75, 3.05) is 31.6 Å². The van der Waals surface area contributed by atoms with Gasteiger partial charge in [-0.3, -0.25) is 0 Å². The Labute approximate surface area is 117 Å². The average molecular weight is 277 g/mol. The van der Waals surface area contributed by atoms with Crippen LogP contribution in [0.1, 0.15) is 12.8 Å². The van der Waals surface area contributed by atoms with Crippen molar-refractivity contribution in [3.8, 4) is 11.5 Å². The summed E-state index contributed by atoms with van der Waals surface area (Å²) in [6, 6.07) is 5.91. The molecule has 0 radical (unpaired) electrons. The number of hydrogen-bond acceptors (Lipinski definition) is 4. The van der Waals surface area contributed by atoms with Gasteiger partial charge in [0.2, 0.25) is 0 Å². The molecule has 0 bridgehead atoms. The second-order valence-corrected chi connectivity index (χ2v) is 5.10. The largest absolute Gasteiger partial charge is 0.486 e. The van der Waals surface area contributed by atoms with Gasteiger partial charge >= 0.3 is 6.03 Å². The summed E-state index contributed by atoms with van der Waals surface area (Å²) in [6.07, 6.45) is 1.80. The lowest BCUT2D eigenvalue weighted by atomic mass is 10.0. The zero-order valence-electron chi connectivity index (χ0n) is 11.3. The lowest BCUT2D eigenvalue weighted by Gasteiger charge is -2.32. The molecule has 20 heavy (non-hydrogen) atoms. The topological polar surface area (TPSA) is 76.8 Å². The Morgan fingerprint density at radius 1 is 1.20 bits per heavy atom. The van der Waals surface area contributed by atoms with E-state index >= 15 is 0 Å². The molecule has 0 aliphatic carbocycles. The van der Waals surface area contributed by atoms with E-state index in [-0.39, 0.29) is 6.03 Å². The maximum atomic E-state index is 11.1. The van der Waals surface area contributed by atoms with Crippen LogP contribution < -0.4 is 20.5 Å². The number of urea groups is 1. The number of nitrogens with zero attached hydrogens (tertiary/aromatic N) is 1. The average Bonchev–Trinajstić information content (AvgIpc) is 2.48. The first kappa shape index (κ1) is 12.9. The number of carbonyl (C=O) groups excluding carboxylic acids is 1. The van der Waals surface area contributed by atoms with Gasteiger partial charge in [0.05, 0.1) is 0 Å². The number of ether oxygens (including phenoxy) is 2. The van der Waals surface area contributed by atoms with E-state index in [1.54, 1.807) is 4.90 Å². The Bertz CT molecular complexity index is 498. The lowest BCUT2D eigenvalue weighted by Crippen LogP contribution is -2.44. The molecule has 2 aliphatic rings. The number of nitrogens with one attached hydrogen (secondary N) is 1. The van der Waals surface area contributed by atoms with Crippen molar-refractivity contribution in [2.45, 2.75) is 18.9 Å². The molecule has 3 N–H and O–H groups in total. The Morgan fingerprint density at radius 3 is 2.60 bits per heavy atom. The fourth-order valence-corrected chi connectivity index (χ4v) is 2.61. The highest BCUT2D eigenvalue weighted by Crippen LogP contribution is 2.33. The van der Waals surface area contributed by atoms with Gasteiger partial charge in [-0.25, -0.2) is 4.79 Å². The predicted octanol–water partition coefficient (Wildman–Crippen LogP) is 1.41. The highest BCUT2D eigenvalue weighted by molar-refractivity contribution is 5.72. The quantitative estimate of drug-likeness (QED) is 0.857.